The number of carbonyl (C=O) groups excluding carboxylic acids is 1. The fourth-order valence-corrected chi connectivity index (χ4v) is 2.94. The number of nitrogens with one attached hydrogen (secondary N) is 1. The molecule has 1 unspecified atom stereocenters. The van der Waals surface area contributed by atoms with Crippen LogP contribution in [0.1, 0.15) is 26.2 Å². The molecule has 0 aromatic heterocycles. The van der Waals surface area contributed by atoms with E-state index in [1.165, 1.54) is 12.2 Å². The minimum atomic E-state index is 0.138. The molecule has 0 radical (unpaired) electrons. The summed E-state index contributed by atoms with van der Waals surface area (Å²) < 4.78 is 0. The van der Waals surface area contributed by atoms with Gasteiger partial charge in [0, 0.05) is 37.8 Å². The second kappa shape index (κ2) is 8.78. The molecular formula is C12H25N3OS. The molecule has 5 heteroatoms. The predicted molar refractivity (Wildman–Crippen MR) is 74.3 cm³/mol. The summed E-state index contributed by atoms with van der Waals surface area (Å²) in [6.07, 6.45) is 2.73. The Balaban J connectivity index is 2.37. The van der Waals surface area contributed by atoms with E-state index >= 15 is 0 Å². The summed E-state index contributed by atoms with van der Waals surface area (Å²) in [5, 5.41) is 2.93. The molecule has 1 heterocycles. The summed E-state index contributed by atoms with van der Waals surface area (Å²) in [6, 6.07) is 0.213. The van der Waals surface area contributed by atoms with Gasteiger partial charge in [0.05, 0.1) is 0 Å². The van der Waals surface area contributed by atoms with Crippen molar-refractivity contribution >= 4 is 17.7 Å². The van der Waals surface area contributed by atoms with E-state index in [0.29, 0.717) is 13.0 Å². The van der Waals surface area contributed by atoms with Crippen LogP contribution in [0.2, 0.25) is 0 Å². The fourth-order valence-electron chi connectivity index (χ4n) is 2.04. The molecule has 1 saturated heterocycles. The first-order valence-corrected chi connectivity index (χ1v) is 7.72. The van der Waals surface area contributed by atoms with Crippen molar-refractivity contribution in [3.05, 3.63) is 0 Å². The molecule has 0 aliphatic carbocycles. The number of amides is 1. The van der Waals surface area contributed by atoms with Gasteiger partial charge < -0.3 is 11.1 Å². The lowest BCUT2D eigenvalue weighted by atomic mass is 10.1. The van der Waals surface area contributed by atoms with Gasteiger partial charge in [-0.05, 0) is 25.1 Å². The van der Waals surface area contributed by atoms with E-state index in [9.17, 15) is 4.79 Å². The summed E-state index contributed by atoms with van der Waals surface area (Å²) in [6.45, 7) is 5.55. The number of nitrogens with zero attached hydrogens (tertiary/aromatic N) is 1. The topological polar surface area (TPSA) is 58.4 Å². The Morgan fingerprint density at radius 2 is 2.29 bits per heavy atom. The van der Waals surface area contributed by atoms with Crippen molar-refractivity contribution in [3.63, 3.8) is 0 Å². The number of hydrogen-bond donors (Lipinski definition) is 2. The summed E-state index contributed by atoms with van der Waals surface area (Å²) in [5.41, 5.74) is 5.80. The molecule has 0 bridgehead atoms. The second-order valence-electron chi connectivity index (χ2n) is 4.45. The normalized spacial score (nSPS) is 19.6. The van der Waals surface area contributed by atoms with Gasteiger partial charge >= 0.3 is 0 Å². The molecule has 0 spiro atoms. The van der Waals surface area contributed by atoms with Crippen molar-refractivity contribution in [3.8, 4) is 0 Å². The standard InChI is InChI=1S/C12H25N3OS/c1-2-4-14-12(16)9-11(10-13)15-5-3-7-17-8-6-15/h11H,2-10,13H2,1H3,(H,14,16). The Bertz CT molecular complexity index is 218. The lowest BCUT2D eigenvalue weighted by molar-refractivity contribution is -0.122. The smallest absolute Gasteiger partial charge is 0.221 e. The van der Waals surface area contributed by atoms with Gasteiger partial charge in [0.15, 0.2) is 0 Å². The van der Waals surface area contributed by atoms with E-state index in [2.05, 4.69) is 17.1 Å². The molecule has 1 amide bonds. The molecule has 100 valence electrons. The van der Waals surface area contributed by atoms with E-state index < -0.39 is 0 Å². The number of rotatable bonds is 6. The van der Waals surface area contributed by atoms with E-state index in [-0.39, 0.29) is 11.9 Å². The number of hydrogen-bond acceptors (Lipinski definition) is 4. The fraction of sp³-hybridized carbons (Fsp3) is 0.917. The molecule has 1 aliphatic heterocycles. The van der Waals surface area contributed by atoms with E-state index in [1.807, 2.05) is 11.8 Å². The monoisotopic (exact) mass is 259 g/mol. The van der Waals surface area contributed by atoms with E-state index in [1.54, 1.807) is 0 Å². The molecule has 17 heavy (non-hydrogen) atoms. The van der Waals surface area contributed by atoms with Crippen molar-refractivity contribution in [1.82, 2.24) is 10.2 Å². The summed E-state index contributed by atoms with van der Waals surface area (Å²) >= 11 is 2.00. The van der Waals surface area contributed by atoms with Crippen molar-refractivity contribution in [2.75, 3.05) is 37.7 Å². The Labute approximate surface area is 109 Å². The van der Waals surface area contributed by atoms with Gasteiger partial charge in [-0.2, -0.15) is 11.8 Å². The second-order valence-corrected chi connectivity index (χ2v) is 5.67. The zero-order valence-electron chi connectivity index (χ0n) is 10.8. The number of carbonyl (C=O) groups is 1. The van der Waals surface area contributed by atoms with Crippen LogP contribution in [-0.2, 0) is 4.79 Å². The summed E-state index contributed by atoms with van der Waals surface area (Å²) in [4.78, 5) is 14.1. The van der Waals surface area contributed by atoms with Crippen LogP contribution in [0.25, 0.3) is 0 Å². The number of nitrogens with two attached hydrogens (primary N) is 1. The SMILES string of the molecule is CCCNC(=O)CC(CN)N1CCCSCC1. The molecule has 3 N–H and O–H groups in total. The van der Waals surface area contributed by atoms with Gasteiger partial charge in [-0.1, -0.05) is 6.92 Å². The first-order chi connectivity index (χ1) is 8.27. The molecule has 0 aromatic rings. The third kappa shape index (κ3) is 5.75. The zero-order valence-corrected chi connectivity index (χ0v) is 11.6. The highest BCUT2D eigenvalue weighted by Gasteiger charge is 2.20. The average Bonchev–Trinajstić information content (AvgIpc) is 2.62. The lowest BCUT2D eigenvalue weighted by Gasteiger charge is -2.28. The molecular weight excluding hydrogens is 234 g/mol. The predicted octanol–water partition coefficient (Wildman–Crippen LogP) is 0.669. The van der Waals surface area contributed by atoms with Gasteiger partial charge in [-0.15, -0.1) is 0 Å². The minimum absolute atomic E-state index is 0.138. The Kier molecular flexibility index (Phi) is 7.64. The molecule has 1 aliphatic rings. The molecule has 0 aromatic carbocycles. The van der Waals surface area contributed by atoms with Crippen LogP contribution in [0.3, 0.4) is 0 Å². The average molecular weight is 259 g/mol. The Morgan fingerprint density at radius 3 is 3.00 bits per heavy atom. The molecule has 1 fully saturated rings. The van der Waals surface area contributed by atoms with Crippen LogP contribution in [-0.4, -0.2) is 54.5 Å². The Hall–Kier alpha value is -0.260. The summed E-state index contributed by atoms with van der Waals surface area (Å²) in [7, 11) is 0. The zero-order chi connectivity index (χ0) is 12.5. The van der Waals surface area contributed by atoms with Gasteiger partial charge in [0.2, 0.25) is 5.91 Å². The highest BCUT2D eigenvalue weighted by atomic mass is 32.2. The first kappa shape index (κ1) is 14.8. The highest BCUT2D eigenvalue weighted by Crippen LogP contribution is 2.13. The van der Waals surface area contributed by atoms with Crippen molar-refractivity contribution < 1.29 is 4.79 Å². The van der Waals surface area contributed by atoms with Crippen molar-refractivity contribution in [1.29, 1.82) is 0 Å². The maximum Gasteiger partial charge on any atom is 0.221 e. The maximum absolute atomic E-state index is 11.7. The van der Waals surface area contributed by atoms with E-state index in [0.717, 1.165) is 31.8 Å². The minimum Gasteiger partial charge on any atom is -0.356 e. The molecule has 1 rings (SSSR count). The van der Waals surface area contributed by atoms with Crippen molar-refractivity contribution in [2.45, 2.75) is 32.2 Å². The highest BCUT2D eigenvalue weighted by molar-refractivity contribution is 7.99. The van der Waals surface area contributed by atoms with Gasteiger partial charge in [-0.3, -0.25) is 9.69 Å². The van der Waals surface area contributed by atoms with Gasteiger partial charge in [0.1, 0.15) is 0 Å². The molecule has 4 nitrogen and oxygen atoms in total. The quantitative estimate of drug-likeness (QED) is 0.736. The van der Waals surface area contributed by atoms with Crippen LogP contribution in [0.4, 0.5) is 0 Å². The van der Waals surface area contributed by atoms with Crippen LogP contribution in [0.15, 0.2) is 0 Å². The molecule has 0 saturated carbocycles. The third-order valence-corrected chi connectivity index (χ3v) is 4.09. The molecule has 1 atom stereocenters. The van der Waals surface area contributed by atoms with Crippen LogP contribution < -0.4 is 11.1 Å². The third-order valence-electron chi connectivity index (χ3n) is 3.04. The van der Waals surface area contributed by atoms with E-state index in [4.69, 9.17) is 5.73 Å². The largest absolute Gasteiger partial charge is 0.356 e. The maximum atomic E-state index is 11.7. The van der Waals surface area contributed by atoms with Gasteiger partial charge in [-0.25, -0.2) is 0 Å². The Morgan fingerprint density at radius 1 is 1.47 bits per heavy atom. The van der Waals surface area contributed by atoms with Gasteiger partial charge in [0.25, 0.3) is 0 Å². The number of thioether (sulfide) groups is 1. The lowest BCUT2D eigenvalue weighted by Crippen LogP contribution is -2.45. The van der Waals surface area contributed by atoms with Crippen LogP contribution in [0.5, 0.6) is 0 Å². The summed E-state index contributed by atoms with van der Waals surface area (Å²) in [5.74, 6) is 2.53. The van der Waals surface area contributed by atoms with Crippen LogP contribution in [0, 0.1) is 0 Å². The first-order valence-electron chi connectivity index (χ1n) is 6.56. The van der Waals surface area contributed by atoms with Crippen LogP contribution >= 0.6 is 11.8 Å². The van der Waals surface area contributed by atoms with Crippen molar-refractivity contribution in [2.24, 2.45) is 5.73 Å².